The van der Waals surface area contributed by atoms with Gasteiger partial charge < -0.3 is 86.9 Å². The van der Waals surface area contributed by atoms with Crippen molar-refractivity contribution in [1.29, 1.82) is 0 Å². The number of primary amides is 1. The summed E-state index contributed by atoms with van der Waals surface area (Å²) >= 11 is 0. The first-order chi connectivity index (χ1) is 40.3. The number of carbonyl (C=O) groups excluding carboxylic acids is 11. The summed E-state index contributed by atoms with van der Waals surface area (Å²) in [5.41, 5.74) is 28.8. The Labute approximate surface area is 511 Å². The third-order valence-corrected chi connectivity index (χ3v) is 13.8. The summed E-state index contributed by atoms with van der Waals surface area (Å²) in [5.74, 6) is -8.46. The van der Waals surface area contributed by atoms with Gasteiger partial charge in [-0.1, -0.05) is 83.1 Å². The van der Waals surface area contributed by atoms with Gasteiger partial charge in [0.25, 0.3) is 0 Å². The normalized spacial score (nSPS) is 15.1. The number of carbonyl (C=O) groups is 11. The largest absolute Gasteiger partial charge is 0.394 e. The van der Waals surface area contributed by atoms with E-state index in [0.717, 1.165) is 0 Å². The number of aliphatic hydroxyl groups excluding tert-OH is 1. The second kappa shape index (κ2) is 43.6. The predicted molar refractivity (Wildman–Crippen MR) is 330 cm³/mol. The number of hydrogen-bond donors (Lipinski definition) is 16. The quantitative estimate of drug-likeness (QED) is 0.0323. The molecule has 10 atom stereocenters. The predicted octanol–water partition coefficient (Wildman–Crippen LogP) is -1.07. The molecule has 27 nitrogen and oxygen atoms in total. The van der Waals surface area contributed by atoms with Gasteiger partial charge in [-0.05, 0) is 151 Å². The summed E-state index contributed by atoms with van der Waals surface area (Å²) in [4.78, 5) is 150. The molecule has 11 amide bonds. The van der Waals surface area contributed by atoms with Crippen LogP contribution in [0, 0.1) is 35.5 Å². The summed E-state index contributed by atoms with van der Waals surface area (Å²) in [6.45, 7) is 21.6. The molecule has 0 rings (SSSR count). The molecule has 0 aliphatic rings. The van der Waals surface area contributed by atoms with E-state index in [1.54, 1.807) is 0 Å². The maximum atomic E-state index is 14.2. The molecule has 0 aliphatic carbocycles. The second-order valence-corrected chi connectivity index (χ2v) is 25.1. The number of unbranched alkanes of at least 4 members (excludes halogenated alkanes) is 3. The molecule has 0 aromatic carbocycles. The van der Waals surface area contributed by atoms with Crippen molar-refractivity contribution in [2.24, 2.45) is 64.2 Å². The van der Waals surface area contributed by atoms with Crippen LogP contribution in [0.1, 0.15) is 179 Å². The SMILES string of the molecule is CC(C)C[C@H](NC(=O)[C@H](CC(C)C)NC(=O)[C@H](CCCCN)NC(=O)[C@H](CO)NC(=O)[C@H](CC(C)C)NC(=O)[C@@H](N)CC(C)C)C(=O)NCC(=O)N[C@@H](CCCCN)C(=O)N[C@@H](CC(C)C)C(=O)N[C@@H](CC(C)C)C(=O)N[C@@H](CCCCN)C(N)=O. The van der Waals surface area contributed by atoms with Crippen LogP contribution in [-0.2, 0) is 52.7 Å². The summed E-state index contributed by atoms with van der Waals surface area (Å²) in [6, 6.07) is -11.7. The highest BCUT2D eigenvalue weighted by Gasteiger charge is 2.36. The molecule has 0 saturated heterocycles. The van der Waals surface area contributed by atoms with Gasteiger partial charge >= 0.3 is 0 Å². The van der Waals surface area contributed by atoms with Crippen molar-refractivity contribution >= 4 is 65.0 Å². The molecule has 0 radical (unpaired) electrons. The standard InChI is InChI=1S/C59H113N15O12/c1-33(2)25-39(63)51(78)69-44(27-35(5)6)58(85)74-48(32-75)59(86)68-42(21-15-18-24-62)54(81)72-46(29-37(9)10)56(83)70-43(26-34(3)4)52(79)65-31-49(76)66-41(20-14-17-23-61)53(80)71-47(30-38(11)12)57(84)73-45(28-36(7)8)55(82)67-40(50(64)77)19-13-16-22-60/h33-48,75H,13-32,60-63H2,1-12H3,(H2,64,77)(H,65,79)(H,66,76)(H,67,82)(H,68,86)(H,69,78)(H,70,83)(H,71,80)(H,72,81)(H,73,84)(H,74,85)/t39-,40-,41-,42-,43-,44-,45-,46-,47-,48-/m0/s1. The van der Waals surface area contributed by atoms with E-state index >= 15 is 0 Å². The number of nitrogens with one attached hydrogen (secondary N) is 10. The first-order valence-corrected chi connectivity index (χ1v) is 31.1. The lowest BCUT2D eigenvalue weighted by Crippen LogP contribution is -2.60. The summed E-state index contributed by atoms with van der Waals surface area (Å²) in [6.07, 6.45) is 4.40. The van der Waals surface area contributed by atoms with Crippen molar-refractivity contribution in [3.63, 3.8) is 0 Å². The van der Waals surface area contributed by atoms with Gasteiger partial charge in [-0.2, -0.15) is 0 Å². The zero-order chi connectivity index (χ0) is 65.8. The van der Waals surface area contributed by atoms with Gasteiger partial charge in [0.05, 0.1) is 19.2 Å². The van der Waals surface area contributed by atoms with Gasteiger partial charge in [-0.3, -0.25) is 52.7 Å². The van der Waals surface area contributed by atoms with E-state index in [1.165, 1.54) is 0 Å². The minimum absolute atomic E-state index is 0.0529. The number of nitrogens with two attached hydrogens (primary N) is 5. The lowest BCUT2D eigenvalue weighted by Gasteiger charge is -2.28. The first kappa shape index (κ1) is 80.0. The average molecular weight is 1220 g/mol. The Hall–Kier alpha value is -6.03. The first-order valence-electron chi connectivity index (χ1n) is 31.1. The van der Waals surface area contributed by atoms with Crippen molar-refractivity contribution in [1.82, 2.24) is 53.2 Å². The Morgan fingerprint density at radius 1 is 0.326 bits per heavy atom. The number of hydrogen-bond acceptors (Lipinski definition) is 16. The van der Waals surface area contributed by atoms with Gasteiger partial charge in [0, 0.05) is 0 Å². The van der Waals surface area contributed by atoms with Crippen molar-refractivity contribution in [2.45, 2.75) is 240 Å². The molecule has 0 aromatic heterocycles. The number of rotatable bonds is 46. The van der Waals surface area contributed by atoms with E-state index in [9.17, 15) is 57.8 Å². The highest BCUT2D eigenvalue weighted by atomic mass is 16.3. The molecular weight excluding hydrogens is 1110 g/mol. The van der Waals surface area contributed by atoms with Gasteiger partial charge in [0.1, 0.15) is 54.4 Å². The van der Waals surface area contributed by atoms with Crippen LogP contribution < -0.4 is 81.8 Å². The molecule has 27 heteroatoms. The van der Waals surface area contributed by atoms with Crippen molar-refractivity contribution in [3.8, 4) is 0 Å². The van der Waals surface area contributed by atoms with Crippen molar-refractivity contribution < 1.29 is 57.8 Å². The lowest BCUT2D eigenvalue weighted by atomic mass is 9.99. The Balaban J connectivity index is 6.49. The van der Waals surface area contributed by atoms with Gasteiger partial charge in [0.2, 0.25) is 65.0 Å². The molecule has 0 aliphatic heterocycles. The second-order valence-electron chi connectivity index (χ2n) is 25.1. The zero-order valence-corrected chi connectivity index (χ0v) is 53.7. The fourth-order valence-electron chi connectivity index (χ4n) is 9.35. The van der Waals surface area contributed by atoms with E-state index in [1.807, 2.05) is 83.1 Å². The maximum absolute atomic E-state index is 14.2. The highest BCUT2D eigenvalue weighted by Crippen LogP contribution is 2.15. The van der Waals surface area contributed by atoms with Crippen LogP contribution in [0.3, 0.4) is 0 Å². The van der Waals surface area contributed by atoms with Crippen LogP contribution in [0.4, 0.5) is 0 Å². The van der Waals surface area contributed by atoms with Crippen LogP contribution in [-0.4, -0.2) is 163 Å². The fraction of sp³-hybridized carbons (Fsp3) is 0.814. The topological polar surface area (TPSA) is 458 Å². The van der Waals surface area contributed by atoms with Crippen LogP contribution in [0.25, 0.3) is 0 Å². The molecule has 0 aromatic rings. The van der Waals surface area contributed by atoms with Gasteiger partial charge in [-0.15, -0.1) is 0 Å². The smallest absolute Gasteiger partial charge is 0.245 e. The Morgan fingerprint density at radius 2 is 0.581 bits per heavy atom. The van der Waals surface area contributed by atoms with Gasteiger partial charge in [-0.25, -0.2) is 0 Å². The molecule has 0 spiro atoms. The van der Waals surface area contributed by atoms with Crippen LogP contribution in [0.5, 0.6) is 0 Å². The third-order valence-electron chi connectivity index (χ3n) is 13.8. The third kappa shape index (κ3) is 34.3. The van der Waals surface area contributed by atoms with E-state index in [2.05, 4.69) is 53.2 Å². The Kier molecular flexibility index (Phi) is 40.5. The van der Waals surface area contributed by atoms with Crippen LogP contribution in [0.15, 0.2) is 0 Å². The molecule has 0 bridgehead atoms. The highest BCUT2D eigenvalue weighted by molar-refractivity contribution is 5.98. The molecule has 21 N–H and O–H groups in total. The minimum Gasteiger partial charge on any atom is -0.394 e. The maximum Gasteiger partial charge on any atom is 0.245 e. The molecule has 86 heavy (non-hydrogen) atoms. The van der Waals surface area contributed by atoms with E-state index < -0.39 is 139 Å². The molecule has 0 saturated carbocycles. The van der Waals surface area contributed by atoms with E-state index in [0.29, 0.717) is 58.0 Å². The lowest BCUT2D eigenvalue weighted by molar-refractivity contribution is -0.136. The number of amides is 11. The van der Waals surface area contributed by atoms with Crippen LogP contribution in [0.2, 0.25) is 0 Å². The summed E-state index contributed by atoms with van der Waals surface area (Å²) < 4.78 is 0. The molecule has 496 valence electrons. The van der Waals surface area contributed by atoms with Gasteiger partial charge in [0.15, 0.2) is 0 Å². The molecular formula is C59H113N15O12. The molecule has 0 heterocycles. The summed E-state index contributed by atoms with van der Waals surface area (Å²) in [7, 11) is 0. The Morgan fingerprint density at radius 3 is 0.895 bits per heavy atom. The van der Waals surface area contributed by atoms with Crippen molar-refractivity contribution in [3.05, 3.63) is 0 Å². The molecule has 0 fully saturated rings. The fourth-order valence-corrected chi connectivity index (χ4v) is 9.35. The minimum atomic E-state index is -1.55. The van der Waals surface area contributed by atoms with E-state index in [4.69, 9.17) is 28.7 Å². The van der Waals surface area contributed by atoms with Crippen molar-refractivity contribution in [2.75, 3.05) is 32.8 Å². The Bertz CT molecular complexity index is 2110. The van der Waals surface area contributed by atoms with E-state index in [-0.39, 0.29) is 93.4 Å². The zero-order valence-electron chi connectivity index (χ0n) is 53.7. The molecule has 0 unspecified atom stereocenters. The monoisotopic (exact) mass is 1220 g/mol. The average Bonchev–Trinajstić information content (AvgIpc) is 3.46. The summed E-state index contributed by atoms with van der Waals surface area (Å²) in [5, 5.41) is 36.9. The number of aliphatic hydroxyl groups is 1. The van der Waals surface area contributed by atoms with Crippen LogP contribution >= 0.6 is 0 Å².